The molecule has 0 unspecified atom stereocenters. The number of methoxy groups -OCH3 is 2. The third kappa shape index (κ3) is 5.75. The minimum Gasteiger partial charge on any atom is -0.493 e. The van der Waals surface area contributed by atoms with E-state index in [1.165, 1.54) is 14.2 Å². The van der Waals surface area contributed by atoms with E-state index in [2.05, 4.69) is 26.1 Å². The van der Waals surface area contributed by atoms with Crippen molar-refractivity contribution in [3.63, 3.8) is 0 Å². The summed E-state index contributed by atoms with van der Waals surface area (Å²) in [6, 6.07) is 3.50. The lowest BCUT2D eigenvalue weighted by Gasteiger charge is -2.22. The number of nitrogens with one attached hydrogen (secondary N) is 1. The fourth-order valence-corrected chi connectivity index (χ4v) is 1.69. The van der Waals surface area contributed by atoms with Crippen LogP contribution in [0.2, 0.25) is 0 Å². The van der Waals surface area contributed by atoms with Crippen LogP contribution in [-0.4, -0.2) is 32.8 Å². The third-order valence-electron chi connectivity index (χ3n) is 2.70. The highest BCUT2D eigenvalue weighted by Crippen LogP contribution is 2.38. The highest BCUT2D eigenvalue weighted by Gasteiger charge is 2.17. The molecular formula is C15H23F2NO3. The smallest absolute Gasteiger partial charge is 0.272 e. The fraction of sp³-hybridized carbons (Fsp3) is 0.600. The summed E-state index contributed by atoms with van der Waals surface area (Å²) < 4.78 is 40.1. The first-order valence-corrected chi connectivity index (χ1v) is 6.67. The molecule has 0 aliphatic rings. The zero-order valence-corrected chi connectivity index (χ0v) is 13.1. The molecule has 0 amide bonds. The summed E-state index contributed by atoms with van der Waals surface area (Å²) in [5.41, 5.74) is 0.883. The van der Waals surface area contributed by atoms with E-state index in [0.29, 0.717) is 18.0 Å². The van der Waals surface area contributed by atoms with Crippen LogP contribution in [0.5, 0.6) is 17.2 Å². The van der Waals surface area contributed by atoms with Crippen molar-refractivity contribution in [3.8, 4) is 17.2 Å². The van der Waals surface area contributed by atoms with Crippen molar-refractivity contribution >= 4 is 0 Å². The molecule has 6 heteroatoms. The maximum atomic E-state index is 12.3. The minimum atomic E-state index is -2.55. The Balaban J connectivity index is 2.99. The summed E-state index contributed by atoms with van der Waals surface area (Å²) in [5, 5.41) is 3.34. The van der Waals surface area contributed by atoms with Gasteiger partial charge >= 0.3 is 0 Å². The van der Waals surface area contributed by atoms with E-state index in [0.717, 1.165) is 5.56 Å². The Morgan fingerprint density at radius 2 is 1.62 bits per heavy atom. The van der Waals surface area contributed by atoms with E-state index >= 15 is 0 Å². The van der Waals surface area contributed by atoms with Crippen molar-refractivity contribution in [2.24, 2.45) is 0 Å². The van der Waals surface area contributed by atoms with Crippen LogP contribution in [0.4, 0.5) is 8.78 Å². The molecule has 0 saturated carbocycles. The van der Waals surface area contributed by atoms with Gasteiger partial charge in [0.15, 0.2) is 11.5 Å². The fourth-order valence-electron chi connectivity index (χ4n) is 1.69. The van der Waals surface area contributed by atoms with Crippen molar-refractivity contribution in [2.45, 2.75) is 39.3 Å². The monoisotopic (exact) mass is 303 g/mol. The van der Waals surface area contributed by atoms with Crippen LogP contribution in [0, 0.1) is 0 Å². The molecule has 0 aromatic heterocycles. The molecule has 1 rings (SSSR count). The lowest BCUT2D eigenvalue weighted by atomic mass is 10.1. The van der Waals surface area contributed by atoms with Gasteiger partial charge in [0.25, 0.3) is 6.43 Å². The first-order chi connectivity index (χ1) is 9.76. The van der Waals surface area contributed by atoms with Crippen LogP contribution >= 0.6 is 0 Å². The normalized spacial score (nSPS) is 11.6. The molecule has 1 aromatic rings. The van der Waals surface area contributed by atoms with Crippen LogP contribution in [0.3, 0.4) is 0 Å². The first-order valence-electron chi connectivity index (χ1n) is 6.67. The summed E-state index contributed by atoms with van der Waals surface area (Å²) in [6.07, 6.45) is -2.55. The Kier molecular flexibility index (Phi) is 6.20. The van der Waals surface area contributed by atoms with Crippen LogP contribution < -0.4 is 19.5 Å². The lowest BCUT2D eigenvalue weighted by molar-refractivity contribution is 0.0788. The first kappa shape index (κ1) is 17.5. The van der Waals surface area contributed by atoms with Gasteiger partial charge in [-0.2, -0.15) is 0 Å². The van der Waals surface area contributed by atoms with Gasteiger partial charge < -0.3 is 19.5 Å². The number of hydrogen-bond acceptors (Lipinski definition) is 4. The molecule has 0 fully saturated rings. The lowest BCUT2D eigenvalue weighted by Crippen LogP contribution is -2.35. The van der Waals surface area contributed by atoms with Crippen LogP contribution in [0.1, 0.15) is 26.3 Å². The molecule has 0 radical (unpaired) electrons. The van der Waals surface area contributed by atoms with E-state index in [1.54, 1.807) is 12.1 Å². The number of halogens is 2. The molecule has 1 N–H and O–H groups in total. The number of ether oxygens (including phenoxy) is 3. The van der Waals surface area contributed by atoms with E-state index in [4.69, 9.17) is 14.2 Å². The van der Waals surface area contributed by atoms with Gasteiger partial charge in [-0.3, -0.25) is 0 Å². The number of alkyl halides is 2. The number of hydrogen-bond donors (Lipinski definition) is 1. The van der Waals surface area contributed by atoms with Crippen molar-refractivity contribution in [1.29, 1.82) is 0 Å². The summed E-state index contributed by atoms with van der Waals surface area (Å²) in [7, 11) is 2.93. The molecule has 120 valence electrons. The number of rotatable bonds is 7. The van der Waals surface area contributed by atoms with E-state index in [9.17, 15) is 8.78 Å². The quantitative estimate of drug-likeness (QED) is 0.839. The molecule has 0 aliphatic heterocycles. The Morgan fingerprint density at radius 1 is 1.10 bits per heavy atom. The molecular weight excluding hydrogens is 280 g/mol. The van der Waals surface area contributed by atoms with Gasteiger partial charge in [0.2, 0.25) is 5.75 Å². The molecule has 0 spiro atoms. The van der Waals surface area contributed by atoms with Gasteiger partial charge in [-0.05, 0) is 38.5 Å². The third-order valence-corrected chi connectivity index (χ3v) is 2.70. The minimum absolute atomic E-state index is 0.0364. The maximum absolute atomic E-state index is 12.3. The Labute approximate surface area is 124 Å². The largest absolute Gasteiger partial charge is 0.493 e. The summed E-state index contributed by atoms with van der Waals surface area (Å²) in [5.74, 6) is 0.946. The van der Waals surface area contributed by atoms with Crippen molar-refractivity contribution < 1.29 is 23.0 Å². The zero-order valence-electron chi connectivity index (χ0n) is 13.1. The predicted molar refractivity (Wildman–Crippen MR) is 77.6 cm³/mol. The van der Waals surface area contributed by atoms with Crippen molar-refractivity contribution in [1.82, 2.24) is 5.32 Å². The molecule has 0 bridgehead atoms. The van der Waals surface area contributed by atoms with Crippen molar-refractivity contribution in [2.75, 3.05) is 20.8 Å². The van der Waals surface area contributed by atoms with E-state index in [-0.39, 0.29) is 11.3 Å². The maximum Gasteiger partial charge on any atom is 0.272 e. The van der Waals surface area contributed by atoms with E-state index < -0.39 is 13.0 Å². The predicted octanol–water partition coefficient (Wildman–Crippen LogP) is 3.24. The summed E-state index contributed by atoms with van der Waals surface area (Å²) in [6.45, 7) is 6.07. The van der Waals surface area contributed by atoms with Gasteiger partial charge in [0.1, 0.15) is 6.61 Å². The Bertz CT molecular complexity index is 434. The molecule has 0 aliphatic carbocycles. The Hall–Kier alpha value is -1.56. The highest BCUT2D eigenvalue weighted by molar-refractivity contribution is 5.53. The second-order valence-corrected chi connectivity index (χ2v) is 5.64. The van der Waals surface area contributed by atoms with Gasteiger partial charge in [-0.25, -0.2) is 8.78 Å². The van der Waals surface area contributed by atoms with Crippen LogP contribution in [0.15, 0.2) is 12.1 Å². The SMILES string of the molecule is COc1cc(CNC(C)(C)C)cc(OC)c1OCC(F)F. The molecule has 0 atom stereocenters. The highest BCUT2D eigenvalue weighted by atomic mass is 19.3. The average Bonchev–Trinajstić information content (AvgIpc) is 2.41. The van der Waals surface area contributed by atoms with Gasteiger partial charge in [-0.1, -0.05) is 0 Å². The molecule has 21 heavy (non-hydrogen) atoms. The summed E-state index contributed by atoms with van der Waals surface area (Å²) >= 11 is 0. The zero-order chi connectivity index (χ0) is 16.0. The van der Waals surface area contributed by atoms with Gasteiger partial charge in [-0.15, -0.1) is 0 Å². The Morgan fingerprint density at radius 3 is 2.00 bits per heavy atom. The molecule has 1 aromatic carbocycles. The van der Waals surface area contributed by atoms with Crippen LogP contribution in [0.25, 0.3) is 0 Å². The second-order valence-electron chi connectivity index (χ2n) is 5.64. The standard InChI is InChI=1S/C15H23F2NO3/c1-15(2,3)18-8-10-6-11(19-4)14(12(7-10)20-5)21-9-13(16)17/h6-7,13,18H,8-9H2,1-5H3. The molecule has 0 heterocycles. The van der Waals surface area contributed by atoms with Gasteiger partial charge in [0, 0.05) is 12.1 Å². The van der Waals surface area contributed by atoms with Gasteiger partial charge in [0.05, 0.1) is 14.2 Å². The van der Waals surface area contributed by atoms with Crippen molar-refractivity contribution in [3.05, 3.63) is 17.7 Å². The number of benzene rings is 1. The molecule has 0 saturated heterocycles. The average molecular weight is 303 g/mol. The van der Waals surface area contributed by atoms with E-state index in [1.807, 2.05) is 0 Å². The van der Waals surface area contributed by atoms with Crippen LogP contribution in [-0.2, 0) is 6.54 Å². The topological polar surface area (TPSA) is 39.7 Å². The molecule has 4 nitrogen and oxygen atoms in total. The second kappa shape index (κ2) is 7.45. The summed E-state index contributed by atoms with van der Waals surface area (Å²) in [4.78, 5) is 0.